The summed E-state index contributed by atoms with van der Waals surface area (Å²) in [4.78, 5) is 27.8. The number of rotatable bonds is 4. The van der Waals surface area contributed by atoms with Crippen molar-refractivity contribution in [1.29, 1.82) is 0 Å². The maximum Gasteiger partial charge on any atom is 0.270 e. The zero-order chi connectivity index (χ0) is 25.7. The number of hydrogen-bond acceptors (Lipinski definition) is 5. The zero-order valence-electron chi connectivity index (χ0n) is 20.0. The Morgan fingerprint density at radius 2 is 1.54 bits per heavy atom. The third-order valence-electron chi connectivity index (χ3n) is 6.33. The number of hydrogen-bond donors (Lipinski definition) is 1. The van der Waals surface area contributed by atoms with Gasteiger partial charge in [-0.2, -0.15) is 5.10 Å². The molecule has 2 amide bonds. The lowest BCUT2D eigenvalue weighted by molar-refractivity contribution is -0.122. The first-order valence-corrected chi connectivity index (χ1v) is 12.0. The minimum absolute atomic E-state index is 0.0188. The molecule has 9 heteroatoms. The second-order valence-electron chi connectivity index (χ2n) is 8.65. The van der Waals surface area contributed by atoms with Gasteiger partial charge < -0.3 is 9.30 Å². The molecule has 2 aromatic heterocycles. The van der Waals surface area contributed by atoms with E-state index in [1.165, 1.54) is 4.90 Å². The number of nitrogens with zero attached hydrogens (tertiary/aromatic N) is 4. The Hall–Kier alpha value is -4.76. The second-order valence-corrected chi connectivity index (χ2v) is 9.04. The molecule has 0 unspecified atom stereocenters. The average molecular weight is 508 g/mol. The topological polar surface area (TPSA) is 80.9 Å². The molecule has 37 heavy (non-hydrogen) atoms. The molecule has 1 saturated heterocycles. The van der Waals surface area contributed by atoms with Gasteiger partial charge >= 0.3 is 0 Å². The lowest BCUT2D eigenvalue weighted by atomic mass is 10.1. The van der Waals surface area contributed by atoms with Crippen molar-refractivity contribution in [1.82, 2.24) is 19.5 Å². The molecule has 0 aliphatic carbocycles. The third kappa shape index (κ3) is 3.76. The summed E-state index contributed by atoms with van der Waals surface area (Å²) < 4.78 is 9.67. The Kier molecular flexibility index (Phi) is 5.35. The van der Waals surface area contributed by atoms with Gasteiger partial charge in [-0.1, -0.05) is 30.3 Å². The lowest BCUT2D eigenvalue weighted by Gasteiger charge is -2.29. The highest BCUT2D eigenvalue weighted by Gasteiger charge is 2.35. The summed E-state index contributed by atoms with van der Waals surface area (Å²) in [6, 6.07) is 24.2. The maximum absolute atomic E-state index is 13.6. The number of carbonyl (C=O) groups is 2. The molecule has 1 N–H and O–H groups in total. The van der Waals surface area contributed by atoms with Gasteiger partial charge in [0.1, 0.15) is 22.7 Å². The van der Waals surface area contributed by atoms with E-state index in [4.69, 9.17) is 17.0 Å². The molecule has 5 aromatic rings. The Morgan fingerprint density at radius 1 is 0.892 bits per heavy atom. The number of thiocarbonyl (C=S) groups is 1. The number of fused-ring (bicyclic) bond motifs is 3. The molecule has 0 radical (unpaired) electrons. The van der Waals surface area contributed by atoms with Crippen LogP contribution in [0.1, 0.15) is 11.3 Å². The molecule has 0 atom stereocenters. The first-order chi connectivity index (χ1) is 17.9. The molecule has 0 spiro atoms. The fraction of sp³-hybridized carbons (Fsp3) is 0.0714. The van der Waals surface area contributed by atoms with E-state index < -0.39 is 11.8 Å². The zero-order valence-corrected chi connectivity index (χ0v) is 20.8. The van der Waals surface area contributed by atoms with Crippen LogP contribution in [0, 0.1) is 6.92 Å². The van der Waals surface area contributed by atoms with Crippen molar-refractivity contribution in [3.63, 3.8) is 0 Å². The molecule has 1 aliphatic heterocycles. The molecular formula is C28H21N5O3S. The van der Waals surface area contributed by atoms with Crippen molar-refractivity contribution >= 4 is 57.6 Å². The molecule has 3 aromatic carbocycles. The number of amides is 2. The van der Waals surface area contributed by atoms with E-state index in [1.54, 1.807) is 30.3 Å². The van der Waals surface area contributed by atoms with Gasteiger partial charge in [-0.15, -0.1) is 0 Å². The maximum atomic E-state index is 13.6. The average Bonchev–Trinajstić information content (AvgIpc) is 3.36. The Morgan fingerprint density at radius 3 is 2.27 bits per heavy atom. The van der Waals surface area contributed by atoms with Gasteiger partial charge in [-0.25, -0.2) is 4.52 Å². The number of benzene rings is 3. The van der Waals surface area contributed by atoms with Crippen LogP contribution in [0.5, 0.6) is 11.5 Å². The minimum Gasteiger partial charge on any atom is -0.457 e. The van der Waals surface area contributed by atoms with Gasteiger partial charge in [-0.05, 0) is 73.7 Å². The summed E-state index contributed by atoms with van der Waals surface area (Å²) in [5.41, 5.74) is 4.60. The Balaban J connectivity index is 1.37. The van der Waals surface area contributed by atoms with Crippen LogP contribution in [0.4, 0.5) is 5.69 Å². The van der Waals surface area contributed by atoms with Crippen LogP contribution >= 0.6 is 12.2 Å². The smallest absolute Gasteiger partial charge is 0.270 e. The summed E-state index contributed by atoms with van der Waals surface area (Å²) in [7, 11) is 1.93. The predicted molar refractivity (Wildman–Crippen MR) is 146 cm³/mol. The highest BCUT2D eigenvalue weighted by atomic mass is 32.1. The third-order valence-corrected chi connectivity index (χ3v) is 6.62. The second kappa shape index (κ2) is 8.72. The number of imidazole rings is 1. The summed E-state index contributed by atoms with van der Waals surface area (Å²) in [5, 5.41) is 7.34. The van der Waals surface area contributed by atoms with Gasteiger partial charge in [0.25, 0.3) is 11.8 Å². The standard InChI is InChI=1S/C28H21N5O3S/c1-17-21(26-31(2)23-10-6-7-11-24(23)33(26)30-17)16-22-25(34)29-28(37)32(27(22)35)18-12-14-20(15-13-18)36-19-8-4-3-5-9-19/h3-16H,1-2H3,(H,29,34,37). The van der Waals surface area contributed by atoms with Gasteiger partial charge in [0.05, 0.1) is 22.4 Å². The van der Waals surface area contributed by atoms with Crippen LogP contribution in [-0.2, 0) is 16.6 Å². The monoisotopic (exact) mass is 507 g/mol. The van der Waals surface area contributed by atoms with E-state index in [-0.39, 0.29) is 10.7 Å². The molecule has 0 bridgehead atoms. The highest BCUT2D eigenvalue weighted by molar-refractivity contribution is 7.80. The van der Waals surface area contributed by atoms with Crippen LogP contribution in [0.3, 0.4) is 0 Å². The number of ether oxygens (including phenoxy) is 1. The van der Waals surface area contributed by atoms with E-state index in [9.17, 15) is 9.59 Å². The van der Waals surface area contributed by atoms with Crippen molar-refractivity contribution in [2.45, 2.75) is 6.92 Å². The molecular weight excluding hydrogens is 486 g/mol. The molecule has 8 nitrogen and oxygen atoms in total. The summed E-state index contributed by atoms with van der Waals surface area (Å²) in [6.07, 6.45) is 1.59. The Bertz CT molecular complexity index is 1750. The number of aromatic nitrogens is 3. The molecule has 182 valence electrons. The first kappa shape index (κ1) is 22.7. The van der Waals surface area contributed by atoms with Crippen LogP contribution in [0.15, 0.2) is 84.4 Å². The molecule has 0 saturated carbocycles. The highest BCUT2D eigenvalue weighted by Crippen LogP contribution is 2.29. The van der Waals surface area contributed by atoms with Crippen LogP contribution in [-0.4, -0.2) is 31.1 Å². The first-order valence-electron chi connectivity index (χ1n) is 11.6. The van der Waals surface area contributed by atoms with Crippen molar-refractivity contribution in [2.75, 3.05) is 4.90 Å². The number of anilines is 1. The molecule has 1 fully saturated rings. The van der Waals surface area contributed by atoms with Gasteiger partial charge in [-0.3, -0.25) is 19.8 Å². The summed E-state index contributed by atoms with van der Waals surface area (Å²) in [6.45, 7) is 1.85. The Labute approximate surface area is 217 Å². The fourth-order valence-corrected chi connectivity index (χ4v) is 4.83. The van der Waals surface area contributed by atoms with Gasteiger partial charge in [0, 0.05) is 12.6 Å². The van der Waals surface area contributed by atoms with Crippen molar-refractivity contribution < 1.29 is 14.3 Å². The molecule has 6 rings (SSSR count). The van der Waals surface area contributed by atoms with Crippen molar-refractivity contribution in [3.8, 4) is 11.5 Å². The van der Waals surface area contributed by atoms with Crippen LogP contribution in [0.2, 0.25) is 0 Å². The van der Waals surface area contributed by atoms with Gasteiger partial charge in [0.15, 0.2) is 5.11 Å². The van der Waals surface area contributed by atoms with Gasteiger partial charge in [0.2, 0.25) is 0 Å². The number of carbonyl (C=O) groups excluding carboxylic acids is 2. The van der Waals surface area contributed by atoms with Crippen LogP contribution < -0.4 is 15.0 Å². The minimum atomic E-state index is -0.548. The largest absolute Gasteiger partial charge is 0.457 e. The normalized spacial score (nSPS) is 15.1. The number of para-hydroxylation sites is 3. The van der Waals surface area contributed by atoms with E-state index in [0.717, 1.165) is 16.7 Å². The lowest BCUT2D eigenvalue weighted by Crippen LogP contribution is -2.54. The molecule has 3 heterocycles. The summed E-state index contributed by atoms with van der Waals surface area (Å²) >= 11 is 5.36. The van der Waals surface area contributed by atoms with E-state index >= 15 is 0 Å². The van der Waals surface area contributed by atoms with Crippen LogP contribution in [0.25, 0.3) is 22.8 Å². The fourth-order valence-electron chi connectivity index (χ4n) is 4.55. The predicted octanol–water partition coefficient (Wildman–Crippen LogP) is 4.76. The van der Waals surface area contributed by atoms with Crippen molar-refractivity contribution in [3.05, 3.63) is 95.7 Å². The number of aryl methyl sites for hydroxylation is 2. The quantitative estimate of drug-likeness (QED) is 0.216. The SMILES string of the molecule is Cc1nn2c3ccccc3n(C)c2c1C=C1C(=O)NC(=S)N(c2ccc(Oc3ccccc3)cc2)C1=O. The van der Waals surface area contributed by atoms with E-state index in [0.29, 0.717) is 28.4 Å². The van der Waals surface area contributed by atoms with E-state index in [1.807, 2.05) is 77.7 Å². The molecule has 1 aliphatic rings. The van der Waals surface area contributed by atoms with Crippen molar-refractivity contribution in [2.24, 2.45) is 7.05 Å². The summed E-state index contributed by atoms with van der Waals surface area (Å²) in [5.74, 6) is 0.253. The van der Waals surface area contributed by atoms with E-state index in [2.05, 4.69) is 10.4 Å². The number of nitrogens with one attached hydrogen (secondary N) is 1.